The molecule has 2 bridgehead atoms. The third-order valence-corrected chi connectivity index (χ3v) is 8.27. The third kappa shape index (κ3) is 6.35. The van der Waals surface area contributed by atoms with Crippen LogP contribution in [0.15, 0.2) is 60.8 Å². The summed E-state index contributed by atoms with van der Waals surface area (Å²) in [6.07, 6.45) is 6.44. The number of nitrogens with zero attached hydrogens (tertiary/aromatic N) is 2. The lowest BCUT2D eigenvalue weighted by molar-refractivity contribution is -0.139. The first-order chi connectivity index (χ1) is 19.7. The van der Waals surface area contributed by atoms with Gasteiger partial charge in [0.15, 0.2) is 0 Å². The van der Waals surface area contributed by atoms with Crippen LogP contribution in [0.4, 0.5) is 5.69 Å². The number of anilines is 1. The van der Waals surface area contributed by atoms with Crippen LogP contribution in [0.3, 0.4) is 0 Å². The molecule has 0 aliphatic carbocycles. The summed E-state index contributed by atoms with van der Waals surface area (Å²) in [6, 6.07) is 15.1. The van der Waals surface area contributed by atoms with Gasteiger partial charge in [0.05, 0.1) is 25.3 Å². The van der Waals surface area contributed by atoms with Gasteiger partial charge in [-0.3, -0.25) is 19.4 Å². The molecule has 2 aliphatic rings. The molecule has 2 aromatic carbocycles. The van der Waals surface area contributed by atoms with Crippen LogP contribution in [0.1, 0.15) is 61.0 Å². The minimum absolute atomic E-state index is 0.0476. The normalized spacial score (nSPS) is 19.3. The highest BCUT2D eigenvalue weighted by Crippen LogP contribution is 2.37. The van der Waals surface area contributed by atoms with Crippen LogP contribution in [0, 0.1) is 12.8 Å². The minimum atomic E-state index is -0.347. The Morgan fingerprint density at radius 2 is 1.93 bits per heavy atom. The van der Waals surface area contributed by atoms with Gasteiger partial charge in [-0.15, -0.1) is 0 Å². The SMILES string of the molecule is COC(=O)Cc1ccc2c(c1)NC(=O)[C@H](C)CCC[C@H](N1CCC(c3cc(Cl)ccc3C)=CC1=O)c1cc-2ccn1. The van der Waals surface area contributed by atoms with Gasteiger partial charge in [-0.1, -0.05) is 43.1 Å². The topological polar surface area (TPSA) is 88.6 Å². The lowest BCUT2D eigenvalue weighted by Gasteiger charge is -2.35. The average Bonchev–Trinajstić information content (AvgIpc) is 2.96. The van der Waals surface area contributed by atoms with Crippen molar-refractivity contribution >= 4 is 40.6 Å². The molecule has 1 N–H and O–H groups in total. The molecule has 0 unspecified atom stereocenters. The van der Waals surface area contributed by atoms with Crippen molar-refractivity contribution in [1.29, 1.82) is 0 Å². The van der Waals surface area contributed by atoms with Crippen molar-refractivity contribution in [2.75, 3.05) is 19.0 Å². The minimum Gasteiger partial charge on any atom is -0.469 e. The van der Waals surface area contributed by atoms with Crippen molar-refractivity contribution in [1.82, 2.24) is 9.88 Å². The van der Waals surface area contributed by atoms with E-state index in [1.165, 1.54) is 7.11 Å². The number of hydrogen-bond acceptors (Lipinski definition) is 5. The van der Waals surface area contributed by atoms with E-state index < -0.39 is 0 Å². The lowest BCUT2D eigenvalue weighted by atomic mass is 9.91. The number of fused-ring (bicyclic) bond motifs is 4. The van der Waals surface area contributed by atoms with Crippen molar-refractivity contribution in [2.24, 2.45) is 5.92 Å². The summed E-state index contributed by atoms with van der Waals surface area (Å²) < 4.78 is 4.83. The van der Waals surface area contributed by atoms with E-state index >= 15 is 0 Å². The smallest absolute Gasteiger partial charge is 0.309 e. The summed E-state index contributed by atoms with van der Waals surface area (Å²) in [4.78, 5) is 45.3. The number of benzene rings is 2. The first kappa shape index (κ1) is 28.6. The Morgan fingerprint density at radius 1 is 1.10 bits per heavy atom. The molecule has 0 saturated carbocycles. The summed E-state index contributed by atoms with van der Waals surface area (Å²) >= 11 is 6.26. The van der Waals surface area contributed by atoms with Crippen molar-refractivity contribution in [3.63, 3.8) is 0 Å². The van der Waals surface area contributed by atoms with Crippen LogP contribution in [0.5, 0.6) is 0 Å². The van der Waals surface area contributed by atoms with Crippen LogP contribution in [0.25, 0.3) is 16.7 Å². The molecule has 0 radical (unpaired) electrons. The highest BCUT2D eigenvalue weighted by Gasteiger charge is 2.30. The molecule has 2 atom stereocenters. The van der Waals surface area contributed by atoms with Crippen molar-refractivity contribution in [2.45, 2.75) is 52.0 Å². The molecule has 1 aromatic heterocycles. The van der Waals surface area contributed by atoms with E-state index in [1.54, 1.807) is 12.3 Å². The van der Waals surface area contributed by atoms with Gasteiger partial charge in [-0.2, -0.15) is 0 Å². The van der Waals surface area contributed by atoms with Crippen LogP contribution < -0.4 is 5.32 Å². The predicted octanol–water partition coefficient (Wildman–Crippen LogP) is 6.54. The molecular weight excluding hydrogens is 538 g/mol. The molecule has 2 aliphatic heterocycles. The van der Waals surface area contributed by atoms with E-state index in [0.717, 1.165) is 45.5 Å². The van der Waals surface area contributed by atoms with Crippen LogP contribution in [-0.4, -0.2) is 41.3 Å². The number of esters is 1. The summed E-state index contributed by atoms with van der Waals surface area (Å²) in [5.74, 6) is -0.700. The second kappa shape index (κ2) is 12.3. The number of methoxy groups -OCH3 is 1. The van der Waals surface area contributed by atoms with Crippen LogP contribution in [-0.2, 0) is 25.5 Å². The second-order valence-electron chi connectivity index (χ2n) is 10.8. The van der Waals surface area contributed by atoms with Gasteiger partial charge in [-0.25, -0.2) is 0 Å². The largest absolute Gasteiger partial charge is 0.469 e. The van der Waals surface area contributed by atoms with Gasteiger partial charge in [0.2, 0.25) is 11.8 Å². The number of amides is 2. The molecule has 5 rings (SSSR count). The maximum absolute atomic E-state index is 13.6. The molecule has 2 amide bonds. The van der Waals surface area contributed by atoms with Crippen molar-refractivity contribution in [3.05, 3.63) is 88.2 Å². The van der Waals surface area contributed by atoms with Gasteiger partial charge >= 0.3 is 5.97 Å². The number of rotatable bonds is 4. The highest BCUT2D eigenvalue weighted by atomic mass is 35.5. The molecular formula is C33H34ClN3O4. The van der Waals surface area contributed by atoms with E-state index in [-0.39, 0.29) is 36.2 Å². The molecule has 0 saturated heterocycles. The van der Waals surface area contributed by atoms with E-state index in [4.69, 9.17) is 21.3 Å². The zero-order valence-corrected chi connectivity index (χ0v) is 24.3. The zero-order chi connectivity index (χ0) is 29.1. The third-order valence-electron chi connectivity index (χ3n) is 8.04. The summed E-state index contributed by atoms with van der Waals surface area (Å²) in [5.41, 5.74) is 6.98. The number of aryl methyl sites for hydroxylation is 1. The number of halogens is 1. The van der Waals surface area contributed by atoms with Gasteiger partial charge in [0.1, 0.15) is 0 Å². The first-order valence-electron chi connectivity index (χ1n) is 14.0. The number of nitrogens with one attached hydrogen (secondary N) is 1. The molecule has 0 fully saturated rings. The average molecular weight is 572 g/mol. The molecule has 212 valence electrons. The Bertz CT molecular complexity index is 1530. The quantitative estimate of drug-likeness (QED) is 0.359. The van der Waals surface area contributed by atoms with Crippen LogP contribution >= 0.6 is 11.6 Å². The molecule has 7 nitrogen and oxygen atoms in total. The van der Waals surface area contributed by atoms with Crippen molar-refractivity contribution in [3.8, 4) is 11.1 Å². The Hall–Kier alpha value is -3.97. The summed E-state index contributed by atoms with van der Waals surface area (Å²) in [6.45, 7) is 4.51. The summed E-state index contributed by atoms with van der Waals surface area (Å²) in [5, 5.41) is 3.74. The van der Waals surface area contributed by atoms with Gasteiger partial charge in [-0.05, 0) is 84.3 Å². The molecule has 41 heavy (non-hydrogen) atoms. The molecule has 3 aromatic rings. The zero-order valence-electron chi connectivity index (χ0n) is 23.6. The van der Waals surface area contributed by atoms with E-state index in [1.807, 2.05) is 67.3 Å². The Labute approximate surface area is 245 Å². The van der Waals surface area contributed by atoms with Gasteiger partial charge in [0, 0.05) is 41.0 Å². The maximum atomic E-state index is 13.6. The number of pyridine rings is 1. The fourth-order valence-electron chi connectivity index (χ4n) is 5.68. The van der Waals surface area contributed by atoms with Gasteiger partial charge < -0.3 is 15.0 Å². The summed E-state index contributed by atoms with van der Waals surface area (Å²) in [7, 11) is 1.36. The number of carbonyl (C=O) groups is 3. The molecule has 3 heterocycles. The van der Waals surface area contributed by atoms with Crippen molar-refractivity contribution < 1.29 is 19.1 Å². The number of hydrogen-bond donors (Lipinski definition) is 1. The fourth-order valence-corrected chi connectivity index (χ4v) is 5.85. The van der Waals surface area contributed by atoms with Gasteiger partial charge in [0.25, 0.3) is 0 Å². The maximum Gasteiger partial charge on any atom is 0.309 e. The number of ether oxygens (including phenoxy) is 1. The monoisotopic (exact) mass is 571 g/mol. The highest BCUT2D eigenvalue weighted by molar-refractivity contribution is 6.30. The molecule has 0 spiro atoms. The van der Waals surface area contributed by atoms with Crippen LogP contribution in [0.2, 0.25) is 5.02 Å². The van der Waals surface area contributed by atoms with E-state index in [9.17, 15) is 14.4 Å². The standard InChI is InChI=1S/C33H34ClN3O4/c1-20-7-9-25(34)19-27(20)24-12-14-37(31(38)18-24)30-6-4-5-21(2)33(40)36-28-15-22(16-32(39)41-3)8-10-26(28)23-11-13-35-29(30)17-23/h7-11,13,15,17-19,21,30H,4-6,12,14,16H2,1-3H3,(H,36,40)/t21-,30+/m1/s1. The predicted molar refractivity (Wildman–Crippen MR) is 160 cm³/mol. The number of carbonyl (C=O) groups excluding carboxylic acids is 3. The Kier molecular flexibility index (Phi) is 8.54. The fraction of sp³-hybridized carbons (Fsp3) is 0.333. The Balaban J connectivity index is 1.51. The van der Waals surface area contributed by atoms with E-state index in [2.05, 4.69) is 5.32 Å². The second-order valence-corrected chi connectivity index (χ2v) is 11.3. The number of aromatic nitrogens is 1. The Morgan fingerprint density at radius 3 is 2.71 bits per heavy atom. The lowest BCUT2D eigenvalue weighted by Crippen LogP contribution is -2.38. The first-order valence-corrected chi connectivity index (χ1v) is 14.4. The van der Waals surface area contributed by atoms with E-state index in [0.29, 0.717) is 36.5 Å². The molecule has 8 heteroatoms.